The van der Waals surface area contributed by atoms with Crippen LogP contribution in [-0.2, 0) is 6.54 Å². The first kappa shape index (κ1) is 15.9. The van der Waals surface area contributed by atoms with Gasteiger partial charge in [-0.25, -0.2) is 0 Å². The molecule has 2 aromatic rings. The van der Waals surface area contributed by atoms with Crippen molar-refractivity contribution in [3.8, 4) is 17.1 Å². The van der Waals surface area contributed by atoms with E-state index in [1.807, 2.05) is 34.9 Å². The zero-order valence-corrected chi connectivity index (χ0v) is 14.2. The van der Waals surface area contributed by atoms with E-state index >= 15 is 0 Å². The standard InChI is InChI=1S/C15H16BrN3OS/c1-4-9-19-14(12-7-5-6-8-13(12)20-3)17-18-15(19)21-10-11(2)16/h4-8H,1-2,9-10H2,3H3. The number of thioether (sulfide) groups is 1. The number of halogens is 1. The maximum Gasteiger partial charge on any atom is 0.192 e. The first-order chi connectivity index (χ1) is 10.2. The molecule has 0 bridgehead atoms. The van der Waals surface area contributed by atoms with E-state index < -0.39 is 0 Å². The molecule has 1 aromatic heterocycles. The number of aromatic nitrogens is 3. The van der Waals surface area contributed by atoms with E-state index in [0.29, 0.717) is 6.54 Å². The summed E-state index contributed by atoms with van der Waals surface area (Å²) in [7, 11) is 1.65. The maximum absolute atomic E-state index is 5.40. The van der Waals surface area contributed by atoms with E-state index in [2.05, 4.69) is 39.3 Å². The lowest BCUT2D eigenvalue weighted by molar-refractivity contribution is 0.416. The van der Waals surface area contributed by atoms with Crippen LogP contribution in [-0.4, -0.2) is 27.6 Å². The van der Waals surface area contributed by atoms with Gasteiger partial charge in [0.2, 0.25) is 0 Å². The molecule has 0 aliphatic carbocycles. The molecular formula is C15H16BrN3OS. The van der Waals surface area contributed by atoms with E-state index in [-0.39, 0.29) is 0 Å². The van der Waals surface area contributed by atoms with Crippen molar-refractivity contribution in [1.29, 1.82) is 0 Å². The molecule has 0 radical (unpaired) electrons. The molecule has 0 unspecified atom stereocenters. The third-order valence-corrected chi connectivity index (χ3v) is 4.44. The Labute approximate surface area is 137 Å². The molecule has 110 valence electrons. The van der Waals surface area contributed by atoms with Gasteiger partial charge in [-0.3, -0.25) is 4.57 Å². The molecule has 0 aliphatic heterocycles. The topological polar surface area (TPSA) is 39.9 Å². The second-order valence-corrected chi connectivity index (χ2v) is 6.28. The van der Waals surface area contributed by atoms with E-state index in [0.717, 1.165) is 32.5 Å². The predicted molar refractivity (Wildman–Crippen MR) is 91.0 cm³/mol. The van der Waals surface area contributed by atoms with Crippen molar-refractivity contribution in [1.82, 2.24) is 14.8 Å². The summed E-state index contributed by atoms with van der Waals surface area (Å²) in [6, 6.07) is 7.77. The van der Waals surface area contributed by atoms with Crippen LogP contribution in [0.5, 0.6) is 5.75 Å². The van der Waals surface area contributed by atoms with Crippen LogP contribution < -0.4 is 4.74 Å². The molecule has 2 rings (SSSR count). The minimum absolute atomic E-state index is 0.636. The van der Waals surface area contributed by atoms with Crippen LogP contribution in [0.4, 0.5) is 0 Å². The second-order valence-electron chi connectivity index (χ2n) is 4.21. The van der Waals surface area contributed by atoms with Crippen LogP contribution in [0.15, 0.2) is 53.1 Å². The molecule has 1 aromatic carbocycles. The van der Waals surface area contributed by atoms with Crippen LogP contribution in [0, 0.1) is 0 Å². The van der Waals surface area contributed by atoms with Gasteiger partial charge in [-0.2, -0.15) is 0 Å². The molecule has 0 amide bonds. The Bertz CT molecular complexity index is 654. The van der Waals surface area contributed by atoms with Crippen LogP contribution in [0.1, 0.15) is 0 Å². The highest BCUT2D eigenvalue weighted by atomic mass is 79.9. The monoisotopic (exact) mass is 365 g/mol. The van der Waals surface area contributed by atoms with E-state index in [9.17, 15) is 0 Å². The lowest BCUT2D eigenvalue weighted by atomic mass is 10.2. The minimum atomic E-state index is 0.636. The number of rotatable bonds is 7. The fourth-order valence-corrected chi connectivity index (χ4v) is 2.91. The van der Waals surface area contributed by atoms with E-state index in [4.69, 9.17) is 4.74 Å². The summed E-state index contributed by atoms with van der Waals surface area (Å²) in [5.74, 6) is 2.29. The molecule has 0 spiro atoms. The van der Waals surface area contributed by atoms with Gasteiger partial charge in [0, 0.05) is 12.3 Å². The highest BCUT2D eigenvalue weighted by Gasteiger charge is 2.16. The molecule has 0 aliphatic rings. The lowest BCUT2D eigenvalue weighted by Gasteiger charge is -2.10. The average molecular weight is 366 g/mol. The maximum atomic E-state index is 5.40. The van der Waals surface area contributed by atoms with Crippen molar-refractivity contribution in [3.63, 3.8) is 0 Å². The molecule has 6 heteroatoms. The van der Waals surface area contributed by atoms with Gasteiger partial charge in [-0.1, -0.05) is 52.5 Å². The summed E-state index contributed by atoms with van der Waals surface area (Å²) < 4.78 is 8.34. The highest BCUT2D eigenvalue weighted by Crippen LogP contribution is 2.31. The fraction of sp³-hybridized carbons (Fsp3) is 0.200. The zero-order valence-electron chi connectivity index (χ0n) is 11.8. The molecule has 4 nitrogen and oxygen atoms in total. The first-order valence-corrected chi connectivity index (χ1v) is 8.08. The van der Waals surface area contributed by atoms with Crippen molar-refractivity contribution >= 4 is 27.7 Å². The molecule has 0 fully saturated rings. The quantitative estimate of drug-likeness (QED) is 0.546. The van der Waals surface area contributed by atoms with Crippen molar-refractivity contribution in [2.45, 2.75) is 11.7 Å². The number of nitrogens with zero attached hydrogens (tertiary/aromatic N) is 3. The van der Waals surface area contributed by atoms with Crippen molar-refractivity contribution in [2.75, 3.05) is 12.9 Å². The molecule has 0 atom stereocenters. The van der Waals surface area contributed by atoms with Gasteiger partial charge in [0.15, 0.2) is 11.0 Å². The number of hydrogen-bond acceptors (Lipinski definition) is 4. The Morgan fingerprint density at radius 3 is 2.86 bits per heavy atom. The molecule has 1 heterocycles. The summed E-state index contributed by atoms with van der Waals surface area (Å²) in [6.45, 7) is 8.28. The summed E-state index contributed by atoms with van der Waals surface area (Å²) in [5, 5.41) is 9.41. The molecule has 0 saturated heterocycles. The fourth-order valence-electron chi connectivity index (χ4n) is 1.86. The Kier molecular flexibility index (Phi) is 5.64. The zero-order chi connectivity index (χ0) is 15.2. The number of methoxy groups -OCH3 is 1. The van der Waals surface area contributed by atoms with Gasteiger partial charge in [-0.15, -0.1) is 16.8 Å². The first-order valence-electron chi connectivity index (χ1n) is 6.31. The van der Waals surface area contributed by atoms with Crippen LogP contribution in [0.2, 0.25) is 0 Å². The summed E-state index contributed by atoms with van der Waals surface area (Å²) in [5.41, 5.74) is 0.916. The van der Waals surface area contributed by atoms with Gasteiger partial charge >= 0.3 is 0 Å². The highest BCUT2D eigenvalue weighted by molar-refractivity contribution is 9.11. The predicted octanol–water partition coefficient (Wildman–Crippen LogP) is 4.14. The molecule has 0 N–H and O–H groups in total. The van der Waals surface area contributed by atoms with Crippen LogP contribution in [0.25, 0.3) is 11.4 Å². The summed E-state index contributed by atoms with van der Waals surface area (Å²) >= 11 is 4.94. The van der Waals surface area contributed by atoms with Crippen molar-refractivity contribution in [2.24, 2.45) is 0 Å². The minimum Gasteiger partial charge on any atom is -0.496 e. The van der Waals surface area contributed by atoms with Gasteiger partial charge in [0.05, 0.1) is 12.7 Å². The van der Waals surface area contributed by atoms with Gasteiger partial charge in [-0.05, 0) is 16.6 Å². The SMILES string of the molecule is C=CCn1c(SCC(=C)Br)nnc1-c1ccccc1OC. The van der Waals surface area contributed by atoms with Gasteiger partial charge < -0.3 is 4.74 Å². The Morgan fingerprint density at radius 2 is 2.19 bits per heavy atom. The summed E-state index contributed by atoms with van der Waals surface area (Å²) in [4.78, 5) is 0. The molecule has 21 heavy (non-hydrogen) atoms. The van der Waals surface area contributed by atoms with Crippen molar-refractivity contribution < 1.29 is 4.74 Å². The Balaban J connectivity index is 2.43. The Hall–Kier alpha value is -1.53. The second kappa shape index (κ2) is 7.47. The molecular weight excluding hydrogens is 350 g/mol. The number of allylic oxidation sites excluding steroid dienone is 1. The van der Waals surface area contributed by atoms with Crippen LogP contribution in [0.3, 0.4) is 0 Å². The third kappa shape index (κ3) is 3.77. The summed E-state index contributed by atoms with van der Waals surface area (Å²) in [6.07, 6.45) is 1.83. The molecule has 0 saturated carbocycles. The number of hydrogen-bond donors (Lipinski definition) is 0. The average Bonchev–Trinajstić information content (AvgIpc) is 2.88. The normalized spacial score (nSPS) is 10.4. The van der Waals surface area contributed by atoms with Gasteiger partial charge in [0.25, 0.3) is 0 Å². The largest absolute Gasteiger partial charge is 0.496 e. The van der Waals surface area contributed by atoms with Crippen LogP contribution >= 0.6 is 27.7 Å². The van der Waals surface area contributed by atoms with E-state index in [1.54, 1.807) is 18.9 Å². The Morgan fingerprint density at radius 1 is 1.43 bits per heavy atom. The van der Waals surface area contributed by atoms with Gasteiger partial charge in [0.1, 0.15) is 5.75 Å². The number of ether oxygens (including phenoxy) is 1. The lowest BCUT2D eigenvalue weighted by Crippen LogP contribution is -2.02. The number of benzene rings is 1. The third-order valence-electron chi connectivity index (χ3n) is 2.73. The van der Waals surface area contributed by atoms with Crippen molar-refractivity contribution in [3.05, 3.63) is 48.0 Å². The smallest absolute Gasteiger partial charge is 0.192 e. The number of para-hydroxylation sites is 1. The van der Waals surface area contributed by atoms with E-state index in [1.165, 1.54) is 0 Å².